The number of carbonyl (C=O) groups is 1. The molecule has 0 saturated heterocycles. The van der Waals surface area contributed by atoms with E-state index in [4.69, 9.17) is 16.3 Å². The maximum absolute atomic E-state index is 11.4. The lowest BCUT2D eigenvalue weighted by atomic mass is 9.85. The molecule has 1 aromatic rings. The van der Waals surface area contributed by atoms with Crippen molar-refractivity contribution in [3.8, 4) is 5.75 Å². The molecule has 1 heterocycles. The van der Waals surface area contributed by atoms with Gasteiger partial charge in [0.25, 0.3) is 5.91 Å². The minimum Gasteiger partial charge on any atom is -0.482 e. The molecular weight excluding hydrogens is 274 g/mol. The molecule has 1 fully saturated rings. The fourth-order valence-corrected chi connectivity index (χ4v) is 3.53. The van der Waals surface area contributed by atoms with Crippen LogP contribution >= 0.6 is 11.6 Å². The Labute approximate surface area is 124 Å². The van der Waals surface area contributed by atoms with Crippen LogP contribution in [0.15, 0.2) is 18.2 Å². The first-order valence-electron chi connectivity index (χ1n) is 7.43. The summed E-state index contributed by atoms with van der Waals surface area (Å²) in [6.45, 7) is 0.0960. The third kappa shape index (κ3) is 3.09. The van der Waals surface area contributed by atoms with Crippen molar-refractivity contribution in [3.05, 3.63) is 23.8 Å². The van der Waals surface area contributed by atoms with Gasteiger partial charge in [-0.3, -0.25) is 4.79 Å². The van der Waals surface area contributed by atoms with Crippen LogP contribution in [0.5, 0.6) is 5.75 Å². The van der Waals surface area contributed by atoms with Crippen LogP contribution in [0.25, 0.3) is 0 Å². The normalized spacial score (nSPS) is 20.8. The SMILES string of the molecule is O=C1COc2ccc(C(Cl)CC3CCCCC3)cc2N1. The van der Waals surface area contributed by atoms with Gasteiger partial charge in [0.1, 0.15) is 5.75 Å². The molecule has 1 aliphatic heterocycles. The summed E-state index contributed by atoms with van der Waals surface area (Å²) >= 11 is 6.56. The van der Waals surface area contributed by atoms with Crippen molar-refractivity contribution < 1.29 is 9.53 Å². The number of fused-ring (bicyclic) bond motifs is 1. The van der Waals surface area contributed by atoms with Crippen LogP contribution in [-0.4, -0.2) is 12.5 Å². The lowest BCUT2D eigenvalue weighted by Crippen LogP contribution is -2.25. The Kier molecular flexibility index (Phi) is 4.16. The van der Waals surface area contributed by atoms with E-state index in [1.54, 1.807) is 0 Å². The van der Waals surface area contributed by atoms with Gasteiger partial charge in [0.05, 0.1) is 11.1 Å². The number of amides is 1. The minimum atomic E-state index is -0.104. The van der Waals surface area contributed by atoms with Crippen molar-refractivity contribution in [1.29, 1.82) is 0 Å². The second kappa shape index (κ2) is 6.04. The molecule has 20 heavy (non-hydrogen) atoms. The highest BCUT2D eigenvalue weighted by atomic mass is 35.5. The second-order valence-corrected chi connectivity index (χ2v) is 6.33. The van der Waals surface area contributed by atoms with E-state index in [0.717, 1.165) is 29.3 Å². The quantitative estimate of drug-likeness (QED) is 0.845. The van der Waals surface area contributed by atoms with Crippen molar-refractivity contribution >= 4 is 23.2 Å². The van der Waals surface area contributed by atoms with Crippen molar-refractivity contribution in [2.24, 2.45) is 5.92 Å². The monoisotopic (exact) mass is 293 g/mol. The summed E-state index contributed by atoms with van der Waals surface area (Å²) in [5.41, 5.74) is 1.81. The smallest absolute Gasteiger partial charge is 0.262 e. The summed E-state index contributed by atoms with van der Waals surface area (Å²) in [7, 11) is 0. The number of anilines is 1. The molecule has 0 aromatic heterocycles. The predicted octanol–water partition coefficient (Wildman–Crippen LogP) is 4.27. The van der Waals surface area contributed by atoms with Crippen molar-refractivity contribution in [2.45, 2.75) is 43.9 Å². The lowest BCUT2D eigenvalue weighted by Gasteiger charge is -2.25. The van der Waals surface area contributed by atoms with Gasteiger partial charge in [0.2, 0.25) is 0 Å². The molecule has 1 N–H and O–H groups in total. The molecule has 108 valence electrons. The molecule has 1 unspecified atom stereocenters. The molecular formula is C16H20ClNO2. The van der Waals surface area contributed by atoms with Crippen molar-refractivity contribution in [3.63, 3.8) is 0 Å². The lowest BCUT2D eigenvalue weighted by molar-refractivity contribution is -0.118. The van der Waals surface area contributed by atoms with Gasteiger partial charge in [-0.05, 0) is 30.0 Å². The zero-order valence-electron chi connectivity index (χ0n) is 11.5. The average Bonchev–Trinajstić information content (AvgIpc) is 2.47. The summed E-state index contributed by atoms with van der Waals surface area (Å²) in [6, 6.07) is 5.87. The van der Waals surface area contributed by atoms with E-state index in [0.29, 0.717) is 0 Å². The van der Waals surface area contributed by atoms with Gasteiger partial charge in [0.15, 0.2) is 6.61 Å². The van der Waals surface area contributed by atoms with Crippen molar-refractivity contribution in [2.75, 3.05) is 11.9 Å². The fourth-order valence-electron chi connectivity index (χ4n) is 3.15. The average molecular weight is 294 g/mol. The van der Waals surface area contributed by atoms with Gasteiger partial charge in [-0.2, -0.15) is 0 Å². The number of rotatable bonds is 3. The second-order valence-electron chi connectivity index (χ2n) is 5.80. The van der Waals surface area contributed by atoms with Crippen LogP contribution in [0.2, 0.25) is 0 Å². The third-order valence-corrected chi connectivity index (χ3v) is 4.69. The molecule has 1 aliphatic carbocycles. The Morgan fingerprint density at radius 2 is 2.10 bits per heavy atom. The molecule has 4 heteroatoms. The number of carbonyl (C=O) groups excluding carboxylic acids is 1. The van der Waals surface area contributed by atoms with E-state index >= 15 is 0 Å². The number of ether oxygens (including phenoxy) is 1. The summed E-state index contributed by atoms with van der Waals surface area (Å²) in [4.78, 5) is 11.4. The topological polar surface area (TPSA) is 38.3 Å². The maximum atomic E-state index is 11.4. The summed E-state index contributed by atoms with van der Waals surface area (Å²) < 4.78 is 5.37. The number of halogens is 1. The largest absolute Gasteiger partial charge is 0.482 e. The molecule has 0 radical (unpaired) electrons. The van der Waals surface area contributed by atoms with Crippen LogP contribution in [0.3, 0.4) is 0 Å². The Hall–Kier alpha value is -1.22. The number of hydrogen-bond acceptors (Lipinski definition) is 2. The van der Waals surface area contributed by atoms with E-state index in [9.17, 15) is 4.79 Å². The van der Waals surface area contributed by atoms with Gasteiger partial charge in [-0.25, -0.2) is 0 Å². The first-order chi connectivity index (χ1) is 9.72. The molecule has 3 rings (SSSR count). The van der Waals surface area contributed by atoms with Crippen LogP contribution < -0.4 is 10.1 Å². The molecule has 1 amide bonds. The third-order valence-electron chi connectivity index (χ3n) is 4.26. The fraction of sp³-hybridized carbons (Fsp3) is 0.562. The molecule has 1 atom stereocenters. The van der Waals surface area contributed by atoms with Crippen LogP contribution in [-0.2, 0) is 4.79 Å². The van der Waals surface area contributed by atoms with Crippen LogP contribution in [0.1, 0.15) is 49.5 Å². The zero-order valence-corrected chi connectivity index (χ0v) is 12.3. The zero-order chi connectivity index (χ0) is 13.9. The molecule has 2 aliphatic rings. The first-order valence-corrected chi connectivity index (χ1v) is 7.86. The Bertz CT molecular complexity index is 497. The standard InChI is InChI=1S/C16H20ClNO2/c17-13(8-11-4-2-1-3-5-11)12-6-7-15-14(9-12)18-16(19)10-20-15/h6-7,9,11,13H,1-5,8,10H2,(H,18,19). The van der Waals surface area contributed by atoms with E-state index in [1.165, 1.54) is 32.1 Å². The van der Waals surface area contributed by atoms with Crippen LogP contribution in [0, 0.1) is 5.92 Å². The Balaban J connectivity index is 1.69. The van der Waals surface area contributed by atoms with E-state index in [-0.39, 0.29) is 17.9 Å². The summed E-state index contributed by atoms with van der Waals surface area (Å²) in [6.07, 6.45) is 7.66. The van der Waals surface area contributed by atoms with E-state index in [2.05, 4.69) is 5.32 Å². The molecule has 3 nitrogen and oxygen atoms in total. The summed E-state index contributed by atoms with van der Waals surface area (Å²) in [5.74, 6) is 1.37. The molecule has 0 spiro atoms. The number of alkyl halides is 1. The van der Waals surface area contributed by atoms with E-state index in [1.807, 2.05) is 18.2 Å². The first kappa shape index (κ1) is 13.7. The van der Waals surface area contributed by atoms with Gasteiger partial charge in [-0.1, -0.05) is 38.2 Å². The number of hydrogen-bond donors (Lipinski definition) is 1. The molecule has 0 bridgehead atoms. The highest BCUT2D eigenvalue weighted by Gasteiger charge is 2.21. The Morgan fingerprint density at radius 3 is 2.90 bits per heavy atom. The van der Waals surface area contributed by atoms with Gasteiger partial charge in [0, 0.05) is 0 Å². The Morgan fingerprint density at radius 1 is 1.30 bits per heavy atom. The maximum Gasteiger partial charge on any atom is 0.262 e. The minimum absolute atomic E-state index is 0.0160. The molecule has 1 saturated carbocycles. The van der Waals surface area contributed by atoms with Crippen molar-refractivity contribution in [1.82, 2.24) is 0 Å². The predicted molar refractivity (Wildman–Crippen MR) is 80.4 cm³/mol. The van der Waals surface area contributed by atoms with Gasteiger partial charge < -0.3 is 10.1 Å². The summed E-state index contributed by atoms with van der Waals surface area (Å²) in [5, 5.41) is 2.85. The van der Waals surface area contributed by atoms with Gasteiger partial charge >= 0.3 is 0 Å². The van der Waals surface area contributed by atoms with Crippen LogP contribution in [0.4, 0.5) is 5.69 Å². The highest BCUT2D eigenvalue weighted by molar-refractivity contribution is 6.20. The van der Waals surface area contributed by atoms with E-state index < -0.39 is 0 Å². The van der Waals surface area contributed by atoms with Gasteiger partial charge in [-0.15, -0.1) is 11.6 Å². The molecule has 1 aromatic carbocycles. The highest BCUT2D eigenvalue weighted by Crippen LogP contribution is 2.38. The number of nitrogens with one attached hydrogen (secondary N) is 1. The number of benzene rings is 1.